The lowest BCUT2D eigenvalue weighted by Gasteiger charge is -2.23. The van der Waals surface area contributed by atoms with Crippen LogP contribution in [0.3, 0.4) is 0 Å². The number of aliphatic imine (C=N–C) groups is 1. The molecule has 0 atom stereocenters. The maximum atomic E-state index is 11.5. The van der Waals surface area contributed by atoms with Gasteiger partial charge in [0.25, 0.3) is 0 Å². The summed E-state index contributed by atoms with van der Waals surface area (Å²) in [5.41, 5.74) is 1.14. The van der Waals surface area contributed by atoms with E-state index >= 15 is 0 Å². The van der Waals surface area contributed by atoms with Crippen LogP contribution >= 0.6 is 11.6 Å². The second-order valence-corrected chi connectivity index (χ2v) is 7.98. The molecule has 24 heavy (non-hydrogen) atoms. The fourth-order valence-corrected chi connectivity index (χ4v) is 3.39. The monoisotopic (exact) mass is 374 g/mol. The van der Waals surface area contributed by atoms with Gasteiger partial charge in [0.2, 0.25) is 10.0 Å². The van der Waals surface area contributed by atoms with Crippen molar-refractivity contribution in [3.05, 3.63) is 34.9 Å². The number of nitrogens with one attached hydrogen (secondary N) is 1. The van der Waals surface area contributed by atoms with Crippen LogP contribution in [0.5, 0.6) is 0 Å². The van der Waals surface area contributed by atoms with E-state index in [-0.39, 0.29) is 0 Å². The molecule has 0 aliphatic rings. The summed E-state index contributed by atoms with van der Waals surface area (Å²) in [4.78, 5) is 6.27. The molecule has 0 aromatic heterocycles. The zero-order valence-corrected chi connectivity index (χ0v) is 16.4. The van der Waals surface area contributed by atoms with Crippen molar-refractivity contribution >= 4 is 27.6 Å². The third-order valence-corrected chi connectivity index (χ3v) is 5.23. The Balaban J connectivity index is 2.45. The number of hydrogen-bond acceptors (Lipinski definition) is 3. The fraction of sp³-hybridized carbons (Fsp3) is 0.562. The van der Waals surface area contributed by atoms with Gasteiger partial charge in [-0.25, -0.2) is 12.7 Å². The minimum Gasteiger partial charge on any atom is -0.356 e. The quantitative estimate of drug-likeness (QED) is 0.429. The molecule has 0 fully saturated rings. The summed E-state index contributed by atoms with van der Waals surface area (Å²) in [5, 5.41) is 3.98. The number of hydrogen-bond donors (Lipinski definition) is 1. The van der Waals surface area contributed by atoms with Crippen LogP contribution < -0.4 is 5.32 Å². The van der Waals surface area contributed by atoms with Crippen molar-refractivity contribution in [2.75, 3.05) is 40.0 Å². The molecule has 0 heterocycles. The molecular formula is C16H27ClN4O2S. The maximum absolute atomic E-state index is 11.5. The summed E-state index contributed by atoms with van der Waals surface area (Å²) >= 11 is 5.90. The molecule has 0 saturated heterocycles. The van der Waals surface area contributed by atoms with Crippen molar-refractivity contribution in [1.29, 1.82) is 0 Å². The first-order valence-corrected chi connectivity index (χ1v) is 10.1. The van der Waals surface area contributed by atoms with Gasteiger partial charge in [-0.05, 0) is 24.1 Å². The fourth-order valence-electron chi connectivity index (χ4n) is 2.34. The molecule has 0 spiro atoms. The highest BCUT2D eigenvalue weighted by atomic mass is 35.5. The van der Waals surface area contributed by atoms with E-state index in [0.717, 1.165) is 16.5 Å². The number of sulfonamides is 1. The molecule has 0 bridgehead atoms. The van der Waals surface area contributed by atoms with Gasteiger partial charge in [-0.1, -0.05) is 30.7 Å². The van der Waals surface area contributed by atoms with E-state index in [1.54, 1.807) is 7.05 Å². The van der Waals surface area contributed by atoms with Gasteiger partial charge in [-0.2, -0.15) is 0 Å². The molecule has 0 radical (unpaired) electrons. The van der Waals surface area contributed by atoms with Crippen LogP contribution in [0.2, 0.25) is 5.02 Å². The van der Waals surface area contributed by atoms with Gasteiger partial charge in [0.05, 0.1) is 6.26 Å². The van der Waals surface area contributed by atoms with Gasteiger partial charge in [-0.3, -0.25) is 4.99 Å². The van der Waals surface area contributed by atoms with Crippen LogP contribution in [0.4, 0.5) is 0 Å². The minimum absolute atomic E-state index is 0.490. The average Bonchev–Trinajstić information content (AvgIpc) is 2.51. The normalized spacial score (nSPS) is 12.5. The Morgan fingerprint density at radius 2 is 1.92 bits per heavy atom. The standard InChI is InChI=1S/C16H27ClN4O2S/c1-5-21(24(4,22)23)12-6-11-19-16(18-2)20(3)13-14-7-9-15(17)10-8-14/h7-10H,5-6,11-13H2,1-4H3,(H,18,19). The van der Waals surface area contributed by atoms with Crippen molar-refractivity contribution in [2.45, 2.75) is 19.9 Å². The van der Waals surface area contributed by atoms with Crippen LogP contribution in [0.1, 0.15) is 18.9 Å². The number of rotatable bonds is 8. The SMILES string of the molecule is CCN(CCCNC(=NC)N(C)Cc1ccc(Cl)cc1)S(C)(=O)=O. The molecule has 0 aliphatic carbocycles. The van der Waals surface area contributed by atoms with Crippen molar-refractivity contribution in [3.8, 4) is 0 Å². The summed E-state index contributed by atoms with van der Waals surface area (Å²) in [5.74, 6) is 0.771. The molecule has 1 aromatic carbocycles. The van der Waals surface area contributed by atoms with Gasteiger partial charge in [0.15, 0.2) is 5.96 Å². The summed E-state index contributed by atoms with van der Waals surface area (Å²) in [6.45, 7) is 4.20. The molecule has 0 aliphatic heterocycles. The van der Waals surface area contributed by atoms with Gasteiger partial charge in [0, 0.05) is 45.3 Å². The Hall–Kier alpha value is -1.31. The Bertz CT molecular complexity index is 632. The summed E-state index contributed by atoms with van der Waals surface area (Å²) < 4.78 is 24.6. The highest BCUT2D eigenvalue weighted by molar-refractivity contribution is 7.88. The summed E-state index contributed by atoms with van der Waals surface area (Å²) in [6, 6.07) is 7.70. The first kappa shape index (κ1) is 20.7. The highest BCUT2D eigenvalue weighted by Crippen LogP contribution is 2.11. The van der Waals surface area contributed by atoms with E-state index in [9.17, 15) is 8.42 Å². The Kier molecular flexibility index (Phi) is 8.52. The molecule has 0 unspecified atom stereocenters. The zero-order valence-electron chi connectivity index (χ0n) is 14.8. The lowest BCUT2D eigenvalue weighted by atomic mass is 10.2. The van der Waals surface area contributed by atoms with Crippen LogP contribution in [-0.4, -0.2) is 63.6 Å². The van der Waals surface area contributed by atoms with Gasteiger partial charge in [0.1, 0.15) is 0 Å². The van der Waals surface area contributed by atoms with E-state index in [0.29, 0.717) is 32.6 Å². The number of benzene rings is 1. The molecule has 0 amide bonds. The largest absolute Gasteiger partial charge is 0.356 e. The predicted molar refractivity (Wildman–Crippen MR) is 101 cm³/mol. The Morgan fingerprint density at radius 1 is 1.29 bits per heavy atom. The van der Waals surface area contributed by atoms with Crippen molar-refractivity contribution in [1.82, 2.24) is 14.5 Å². The van der Waals surface area contributed by atoms with Crippen LogP contribution in [-0.2, 0) is 16.6 Å². The Morgan fingerprint density at radius 3 is 2.42 bits per heavy atom. The smallest absolute Gasteiger partial charge is 0.211 e. The number of halogens is 1. The van der Waals surface area contributed by atoms with E-state index in [4.69, 9.17) is 11.6 Å². The number of guanidine groups is 1. The third-order valence-electron chi connectivity index (χ3n) is 3.60. The maximum Gasteiger partial charge on any atom is 0.211 e. The van der Waals surface area contributed by atoms with Gasteiger partial charge >= 0.3 is 0 Å². The van der Waals surface area contributed by atoms with E-state index in [1.807, 2.05) is 43.1 Å². The van der Waals surface area contributed by atoms with Crippen molar-refractivity contribution in [2.24, 2.45) is 4.99 Å². The van der Waals surface area contributed by atoms with E-state index in [1.165, 1.54) is 10.6 Å². The van der Waals surface area contributed by atoms with E-state index in [2.05, 4.69) is 10.3 Å². The van der Waals surface area contributed by atoms with Crippen molar-refractivity contribution in [3.63, 3.8) is 0 Å². The zero-order chi connectivity index (χ0) is 18.2. The minimum atomic E-state index is -3.13. The second kappa shape index (κ2) is 9.86. The molecule has 0 saturated carbocycles. The van der Waals surface area contributed by atoms with Gasteiger partial charge in [-0.15, -0.1) is 0 Å². The summed E-state index contributed by atoms with van der Waals surface area (Å²) in [6.07, 6.45) is 1.96. The van der Waals surface area contributed by atoms with Crippen molar-refractivity contribution < 1.29 is 8.42 Å². The number of nitrogens with zero attached hydrogens (tertiary/aromatic N) is 3. The van der Waals surface area contributed by atoms with Crippen LogP contribution in [0, 0.1) is 0 Å². The molecule has 6 nitrogen and oxygen atoms in total. The molecule has 1 N–H and O–H groups in total. The topological polar surface area (TPSA) is 65.0 Å². The molecule has 1 aromatic rings. The lowest BCUT2D eigenvalue weighted by Crippen LogP contribution is -2.40. The molecule has 8 heteroatoms. The van der Waals surface area contributed by atoms with Gasteiger partial charge < -0.3 is 10.2 Å². The lowest BCUT2D eigenvalue weighted by molar-refractivity contribution is 0.419. The molecular weight excluding hydrogens is 348 g/mol. The predicted octanol–water partition coefficient (Wildman–Crippen LogP) is 2.02. The van der Waals surface area contributed by atoms with Crippen LogP contribution in [0.25, 0.3) is 0 Å². The summed E-state index contributed by atoms with van der Waals surface area (Å²) in [7, 11) is 0.561. The molecule has 136 valence electrons. The Labute approximate surface area is 150 Å². The van der Waals surface area contributed by atoms with E-state index < -0.39 is 10.0 Å². The molecule has 1 rings (SSSR count). The average molecular weight is 375 g/mol. The highest BCUT2D eigenvalue weighted by Gasteiger charge is 2.13. The first-order valence-electron chi connectivity index (χ1n) is 7.89. The second-order valence-electron chi connectivity index (χ2n) is 5.56. The van der Waals surface area contributed by atoms with Crippen LogP contribution in [0.15, 0.2) is 29.3 Å². The third kappa shape index (κ3) is 7.07. The first-order chi connectivity index (χ1) is 11.3.